The molecule has 2 unspecified atom stereocenters. The minimum absolute atomic E-state index is 0.0178. The van der Waals surface area contributed by atoms with Crippen molar-refractivity contribution in [2.75, 3.05) is 13.2 Å². The van der Waals surface area contributed by atoms with Crippen molar-refractivity contribution in [1.29, 1.82) is 0 Å². The smallest absolute Gasteiger partial charge is 0.264 e. The minimum Gasteiger partial charge on any atom is -0.375 e. The van der Waals surface area contributed by atoms with E-state index < -0.39 is 0 Å². The van der Waals surface area contributed by atoms with Crippen LogP contribution in [0.25, 0.3) is 10.1 Å². The van der Waals surface area contributed by atoms with Gasteiger partial charge in [0, 0.05) is 16.6 Å². The van der Waals surface area contributed by atoms with Gasteiger partial charge in [0.2, 0.25) is 0 Å². The van der Waals surface area contributed by atoms with Crippen LogP contribution >= 0.6 is 11.3 Å². The first-order chi connectivity index (χ1) is 9.99. The third kappa shape index (κ3) is 2.45. The third-order valence-electron chi connectivity index (χ3n) is 3.97. The molecule has 21 heavy (non-hydrogen) atoms. The fraction of sp³-hybridized carbons (Fsp3) is 0.438. The second kappa shape index (κ2) is 5.39. The molecule has 5 heteroatoms. The molecule has 2 atom stereocenters. The van der Waals surface area contributed by atoms with Gasteiger partial charge in [-0.15, -0.1) is 11.3 Å². The van der Waals surface area contributed by atoms with Crippen LogP contribution in [-0.2, 0) is 4.74 Å². The molecule has 112 valence electrons. The van der Waals surface area contributed by atoms with Gasteiger partial charge in [-0.1, -0.05) is 6.07 Å². The predicted octanol–water partition coefficient (Wildman–Crippen LogP) is 3.60. The summed E-state index contributed by atoms with van der Waals surface area (Å²) in [6.45, 7) is 6.89. The molecule has 2 aromatic rings. The molecule has 1 amide bonds. The van der Waals surface area contributed by atoms with Gasteiger partial charge in [0.25, 0.3) is 5.91 Å². The summed E-state index contributed by atoms with van der Waals surface area (Å²) in [5, 5.41) is 0.569. The topological polar surface area (TPSA) is 29.5 Å². The second-order valence-corrected chi connectivity index (χ2v) is 6.67. The molecule has 0 aliphatic carbocycles. The lowest BCUT2D eigenvalue weighted by molar-refractivity contribution is -0.0385. The van der Waals surface area contributed by atoms with Crippen LogP contribution in [0, 0.1) is 12.7 Å². The molecule has 1 aliphatic rings. The first-order valence-corrected chi connectivity index (χ1v) is 7.91. The van der Waals surface area contributed by atoms with E-state index in [0.29, 0.717) is 23.4 Å². The zero-order chi connectivity index (χ0) is 15.1. The maximum atomic E-state index is 14.0. The van der Waals surface area contributed by atoms with E-state index in [4.69, 9.17) is 4.74 Å². The normalized spacial score (nSPS) is 22.8. The van der Waals surface area contributed by atoms with Gasteiger partial charge in [-0.2, -0.15) is 0 Å². The summed E-state index contributed by atoms with van der Waals surface area (Å²) in [5.41, 5.74) is 0.740. The van der Waals surface area contributed by atoms with E-state index in [1.807, 2.05) is 31.7 Å². The molecular weight excluding hydrogens is 289 g/mol. The standard InChI is InChI=1S/C16H18FNO2S/c1-9-8-20-10(2)7-18(9)16(19)15-11(3)14-12(17)5-4-6-13(14)21-15/h4-6,9-10H,7-8H2,1-3H3. The van der Waals surface area contributed by atoms with Gasteiger partial charge in [0.1, 0.15) is 5.82 Å². The minimum atomic E-state index is -0.260. The number of amides is 1. The molecule has 1 aliphatic heterocycles. The molecule has 0 saturated carbocycles. The first-order valence-electron chi connectivity index (χ1n) is 7.09. The Balaban J connectivity index is 2.02. The van der Waals surface area contributed by atoms with E-state index in [1.165, 1.54) is 17.4 Å². The van der Waals surface area contributed by atoms with Gasteiger partial charge in [-0.25, -0.2) is 4.39 Å². The van der Waals surface area contributed by atoms with E-state index in [1.54, 1.807) is 6.07 Å². The van der Waals surface area contributed by atoms with Gasteiger partial charge in [-0.05, 0) is 38.5 Å². The molecule has 2 heterocycles. The highest BCUT2D eigenvalue weighted by atomic mass is 32.1. The number of benzene rings is 1. The lowest BCUT2D eigenvalue weighted by Gasteiger charge is -2.36. The number of carbonyl (C=O) groups excluding carboxylic acids is 1. The van der Waals surface area contributed by atoms with Crippen LogP contribution in [0.4, 0.5) is 4.39 Å². The molecular formula is C16H18FNO2S. The van der Waals surface area contributed by atoms with Crippen molar-refractivity contribution in [3.63, 3.8) is 0 Å². The number of carbonyl (C=O) groups is 1. The summed E-state index contributed by atoms with van der Waals surface area (Å²) in [5.74, 6) is -0.278. The summed E-state index contributed by atoms with van der Waals surface area (Å²) in [6, 6.07) is 5.03. The Labute approximate surface area is 127 Å². The van der Waals surface area contributed by atoms with Crippen molar-refractivity contribution in [2.24, 2.45) is 0 Å². The number of hydrogen-bond acceptors (Lipinski definition) is 3. The Morgan fingerprint density at radius 3 is 2.90 bits per heavy atom. The molecule has 1 saturated heterocycles. The summed E-state index contributed by atoms with van der Waals surface area (Å²) in [7, 11) is 0. The summed E-state index contributed by atoms with van der Waals surface area (Å²) in [6.07, 6.45) is 0.0385. The Morgan fingerprint density at radius 1 is 1.43 bits per heavy atom. The van der Waals surface area contributed by atoms with Crippen LogP contribution in [0.5, 0.6) is 0 Å². The second-order valence-electron chi connectivity index (χ2n) is 5.62. The van der Waals surface area contributed by atoms with Crippen LogP contribution < -0.4 is 0 Å². The molecule has 0 spiro atoms. The van der Waals surface area contributed by atoms with Gasteiger partial charge < -0.3 is 9.64 Å². The van der Waals surface area contributed by atoms with Crippen molar-refractivity contribution in [2.45, 2.75) is 32.9 Å². The molecule has 1 aromatic carbocycles. The number of nitrogens with zero attached hydrogens (tertiary/aromatic N) is 1. The van der Waals surface area contributed by atoms with Crippen LogP contribution in [0.15, 0.2) is 18.2 Å². The number of morpholine rings is 1. The van der Waals surface area contributed by atoms with Crippen molar-refractivity contribution in [1.82, 2.24) is 4.90 Å². The maximum Gasteiger partial charge on any atom is 0.264 e. The van der Waals surface area contributed by atoms with Crippen LogP contribution in [-0.4, -0.2) is 36.1 Å². The van der Waals surface area contributed by atoms with Gasteiger partial charge in [0.05, 0.1) is 23.6 Å². The number of thiophene rings is 1. The van der Waals surface area contributed by atoms with E-state index in [9.17, 15) is 9.18 Å². The zero-order valence-corrected chi connectivity index (χ0v) is 13.2. The van der Waals surface area contributed by atoms with Crippen molar-refractivity contribution < 1.29 is 13.9 Å². The number of ether oxygens (including phenoxy) is 1. The Hall–Kier alpha value is -1.46. The van der Waals surface area contributed by atoms with E-state index in [2.05, 4.69) is 0 Å². The molecule has 0 bridgehead atoms. The Bertz CT molecular complexity index is 697. The van der Waals surface area contributed by atoms with Crippen LogP contribution in [0.1, 0.15) is 29.1 Å². The number of fused-ring (bicyclic) bond motifs is 1. The molecule has 3 rings (SSSR count). The highest BCUT2D eigenvalue weighted by Crippen LogP contribution is 2.34. The highest BCUT2D eigenvalue weighted by Gasteiger charge is 2.30. The number of rotatable bonds is 1. The number of aryl methyl sites for hydroxylation is 1. The van der Waals surface area contributed by atoms with Crippen molar-refractivity contribution in [3.8, 4) is 0 Å². The quantitative estimate of drug-likeness (QED) is 0.805. The van der Waals surface area contributed by atoms with E-state index in [-0.39, 0.29) is 23.9 Å². The molecule has 3 nitrogen and oxygen atoms in total. The SMILES string of the molecule is Cc1c(C(=O)N2CC(C)OCC2C)sc2cccc(F)c12. The first kappa shape index (κ1) is 14.5. The fourth-order valence-corrected chi connectivity index (χ4v) is 3.95. The average molecular weight is 307 g/mol. The van der Waals surface area contributed by atoms with Crippen LogP contribution in [0.3, 0.4) is 0 Å². The summed E-state index contributed by atoms with van der Waals surface area (Å²) >= 11 is 1.37. The predicted molar refractivity (Wildman–Crippen MR) is 82.4 cm³/mol. The number of halogens is 1. The largest absolute Gasteiger partial charge is 0.375 e. The van der Waals surface area contributed by atoms with Crippen molar-refractivity contribution in [3.05, 3.63) is 34.5 Å². The maximum absolute atomic E-state index is 14.0. The lowest BCUT2D eigenvalue weighted by Crippen LogP contribution is -2.50. The third-order valence-corrected chi connectivity index (χ3v) is 5.21. The van der Waals surface area contributed by atoms with Gasteiger partial charge in [-0.3, -0.25) is 4.79 Å². The molecule has 1 aromatic heterocycles. The summed E-state index contributed by atoms with van der Waals surface area (Å²) < 4.78 is 20.4. The van der Waals surface area contributed by atoms with Crippen molar-refractivity contribution >= 4 is 27.3 Å². The number of hydrogen-bond donors (Lipinski definition) is 0. The summed E-state index contributed by atoms with van der Waals surface area (Å²) in [4.78, 5) is 15.3. The van der Waals surface area contributed by atoms with Crippen LogP contribution in [0.2, 0.25) is 0 Å². The van der Waals surface area contributed by atoms with Gasteiger partial charge >= 0.3 is 0 Å². The molecule has 1 fully saturated rings. The zero-order valence-electron chi connectivity index (χ0n) is 12.4. The van der Waals surface area contributed by atoms with E-state index >= 15 is 0 Å². The average Bonchev–Trinajstić information content (AvgIpc) is 2.79. The monoisotopic (exact) mass is 307 g/mol. The Kier molecular flexibility index (Phi) is 3.71. The fourth-order valence-electron chi connectivity index (χ4n) is 2.77. The van der Waals surface area contributed by atoms with Gasteiger partial charge in [0.15, 0.2) is 0 Å². The Morgan fingerprint density at radius 2 is 2.19 bits per heavy atom. The molecule has 0 radical (unpaired) electrons. The van der Waals surface area contributed by atoms with E-state index in [0.717, 1.165) is 10.3 Å². The molecule has 0 N–H and O–H groups in total. The lowest BCUT2D eigenvalue weighted by atomic mass is 10.1. The highest BCUT2D eigenvalue weighted by molar-refractivity contribution is 7.21.